The van der Waals surface area contributed by atoms with Crippen molar-refractivity contribution < 1.29 is 19.4 Å². The first-order valence-corrected chi connectivity index (χ1v) is 14.0. The third-order valence-corrected chi connectivity index (χ3v) is 8.36. The average Bonchev–Trinajstić information content (AvgIpc) is 3.56. The molecule has 198 valence electrons. The number of hydrogen-bond acceptors (Lipinski definition) is 8. The van der Waals surface area contributed by atoms with E-state index in [9.17, 15) is 14.7 Å². The van der Waals surface area contributed by atoms with E-state index in [1.807, 2.05) is 32.2 Å². The van der Waals surface area contributed by atoms with E-state index in [0.29, 0.717) is 28.6 Å². The lowest BCUT2D eigenvalue weighted by Crippen LogP contribution is -2.54. The number of nitrogens with zero attached hydrogens (tertiary/aromatic N) is 4. The summed E-state index contributed by atoms with van der Waals surface area (Å²) in [5.74, 6) is -0.592. The highest BCUT2D eigenvalue weighted by Gasteiger charge is 2.60. The van der Waals surface area contributed by atoms with Crippen molar-refractivity contribution in [3.05, 3.63) is 56.7 Å². The quantitative estimate of drug-likeness (QED) is 0.399. The van der Waals surface area contributed by atoms with E-state index >= 15 is 0 Å². The number of rotatable bonds is 7. The van der Waals surface area contributed by atoms with E-state index in [2.05, 4.69) is 35.1 Å². The Morgan fingerprint density at radius 2 is 2.03 bits per heavy atom. The Morgan fingerprint density at radius 1 is 1.30 bits per heavy atom. The first-order valence-electron chi connectivity index (χ1n) is 12.3. The third-order valence-electron chi connectivity index (χ3n) is 6.88. The predicted octanol–water partition coefficient (Wildman–Crippen LogP) is 5.85. The van der Waals surface area contributed by atoms with Gasteiger partial charge in [-0.2, -0.15) is 4.37 Å². The molecular formula is C27H34N4O4S2. The smallest absolute Gasteiger partial charge is 0.329 e. The molecule has 0 aliphatic carbocycles. The standard InChI is InChI=1S/C27H34N4O4S2/c1-15(2)13-27(25(33)34)14-18(22-29-16(3)37-30-22)21(23-28-10-11-36-23)31(27)24(32)17-8-9-19(26(4,5)6)20(12-17)35-7/h8-12,15,18,21H,13-14H2,1-7H3,(H,33,34)/t18-,21+,27-/m0/s1. The summed E-state index contributed by atoms with van der Waals surface area (Å²) in [5.41, 5.74) is -0.285. The minimum absolute atomic E-state index is 0.0324. The molecule has 4 rings (SSSR count). The number of carboxylic acid groups (broad SMARTS) is 1. The van der Waals surface area contributed by atoms with Crippen molar-refractivity contribution in [2.45, 2.75) is 77.3 Å². The van der Waals surface area contributed by atoms with Crippen LogP contribution in [0, 0.1) is 12.8 Å². The van der Waals surface area contributed by atoms with Crippen LogP contribution in [0.25, 0.3) is 0 Å². The highest BCUT2D eigenvalue weighted by molar-refractivity contribution is 7.09. The van der Waals surface area contributed by atoms with Gasteiger partial charge in [0.15, 0.2) is 0 Å². The Labute approximate surface area is 225 Å². The van der Waals surface area contributed by atoms with Gasteiger partial charge >= 0.3 is 5.97 Å². The Morgan fingerprint density at radius 3 is 2.54 bits per heavy atom. The summed E-state index contributed by atoms with van der Waals surface area (Å²) in [7, 11) is 1.58. The molecule has 3 aromatic rings. The molecular weight excluding hydrogens is 508 g/mol. The lowest BCUT2D eigenvalue weighted by atomic mass is 9.83. The van der Waals surface area contributed by atoms with Crippen molar-refractivity contribution in [1.82, 2.24) is 19.2 Å². The topological polar surface area (TPSA) is 106 Å². The van der Waals surface area contributed by atoms with Crippen LogP contribution in [0.1, 0.15) is 91.2 Å². The van der Waals surface area contributed by atoms with Gasteiger partial charge in [-0.05, 0) is 60.3 Å². The minimum Gasteiger partial charge on any atom is -0.496 e. The first-order chi connectivity index (χ1) is 17.4. The van der Waals surface area contributed by atoms with E-state index in [1.54, 1.807) is 30.3 Å². The first kappa shape index (κ1) is 27.2. The number of thiazole rings is 1. The van der Waals surface area contributed by atoms with E-state index in [1.165, 1.54) is 22.9 Å². The largest absolute Gasteiger partial charge is 0.496 e. The van der Waals surface area contributed by atoms with Crippen LogP contribution >= 0.6 is 22.9 Å². The summed E-state index contributed by atoms with van der Waals surface area (Å²) in [5, 5.41) is 14.1. The summed E-state index contributed by atoms with van der Waals surface area (Å²) in [6.45, 7) is 12.1. The molecule has 1 N–H and O–H groups in total. The fourth-order valence-corrected chi connectivity index (χ4v) is 6.75. The van der Waals surface area contributed by atoms with Crippen LogP contribution in [-0.2, 0) is 10.2 Å². The molecule has 1 saturated heterocycles. The maximum absolute atomic E-state index is 14.4. The van der Waals surface area contributed by atoms with Crippen LogP contribution in [0.3, 0.4) is 0 Å². The van der Waals surface area contributed by atoms with Gasteiger partial charge in [0, 0.05) is 17.1 Å². The number of aromatic nitrogens is 3. The summed E-state index contributed by atoms with van der Waals surface area (Å²) in [6.07, 6.45) is 2.19. The van der Waals surface area contributed by atoms with Crippen molar-refractivity contribution in [3.8, 4) is 5.75 Å². The Bertz CT molecular complexity index is 1280. The number of carbonyl (C=O) groups is 2. The summed E-state index contributed by atoms with van der Waals surface area (Å²) in [6, 6.07) is 4.78. The second-order valence-electron chi connectivity index (χ2n) is 11.1. The number of aliphatic carboxylic acids is 1. The second-order valence-corrected chi connectivity index (χ2v) is 13.0. The fraction of sp³-hybridized carbons (Fsp3) is 0.519. The van der Waals surface area contributed by atoms with Crippen LogP contribution in [0.15, 0.2) is 29.8 Å². The number of hydrogen-bond donors (Lipinski definition) is 1. The number of carboxylic acids is 1. The number of aryl methyl sites for hydroxylation is 1. The number of methoxy groups -OCH3 is 1. The molecule has 0 spiro atoms. The maximum atomic E-state index is 14.4. The van der Waals surface area contributed by atoms with E-state index in [4.69, 9.17) is 4.74 Å². The van der Waals surface area contributed by atoms with E-state index < -0.39 is 23.5 Å². The molecule has 1 amide bonds. The zero-order valence-corrected chi connectivity index (χ0v) is 23.9. The Balaban J connectivity index is 1.92. The predicted molar refractivity (Wildman–Crippen MR) is 145 cm³/mol. The highest BCUT2D eigenvalue weighted by atomic mass is 32.1. The SMILES string of the molecule is COc1cc(C(=O)N2[C@@H](c3nccs3)[C@@H](c3nsc(C)n3)C[C@@]2(CC(C)C)C(=O)O)ccc1C(C)(C)C. The number of amides is 1. The van der Waals surface area contributed by atoms with Gasteiger partial charge in [-0.3, -0.25) is 4.79 Å². The molecule has 1 aromatic carbocycles. The third kappa shape index (κ3) is 5.01. The molecule has 8 nitrogen and oxygen atoms in total. The normalized spacial score (nSPS) is 22.0. The van der Waals surface area contributed by atoms with Crippen molar-refractivity contribution in [3.63, 3.8) is 0 Å². The maximum Gasteiger partial charge on any atom is 0.329 e. The van der Waals surface area contributed by atoms with Gasteiger partial charge in [-0.1, -0.05) is 40.7 Å². The second kappa shape index (κ2) is 10.1. The summed E-state index contributed by atoms with van der Waals surface area (Å²) in [4.78, 5) is 38.3. The fourth-order valence-electron chi connectivity index (χ4n) is 5.42. The average molecular weight is 543 g/mol. The van der Waals surface area contributed by atoms with Crippen molar-refractivity contribution >= 4 is 34.7 Å². The molecule has 0 unspecified atom stereocenters. The molecule has 2 aromatic heterocycles. The van der Waals surface area contributed by atoms with Gasteiger partial charge in [0.05, 0.1) is 19.1 Å². The van der Waals surface area contributed by atoms with Gasteiger partial charge < -0.3 is 14.7 Å². The van der Waals surface area contributed by atoms with Crippen LogP contribution < -0.4 is 4.74 Å². The molecule has 0 bridgehead atoms. The minimum atomic E-state index is -1.44. The van der Waals surface area contributed by atoms with Crippen LogP contribution in [0.2, 0.25) is 0 Å². The number of carbonyl (C=O) groups excluding carboxylic acids is 1. The molecule has 1 aliphatic rings. The lowest BCUT2D eigenvalue weighted by molar-refractivity contribution is -0.150. The van der Waals surface area contributed by atoms with Crippen LogP contribution in [-0.4, -0.2) is 48.9 Å². The van der Waals surface area contributed by atoms with E-state index in [-0.39, 0.29) is 23.7 Å². The monoisotopic (exact) mass is 542 g/mol. The Kier molecular flexibility index (Phi) is 7.45. The molecule has 37 heavy (non-hydrogen) atoms. The van der Waals surface area contributed by atoms with Gasteiger partial charge in [-0.25, -0.2) is 14.8 Å². The lowest BCUT2D eigenvalue weighted by Gasteiger charge is -2.38. The highest BCUT2D eigenvalue weighted by Crippen LogP contribution is 2.54. The van der Waals surface area contributed by atoms with Crippen molar-refractivity contribution in [2.75, 3.05) is 7.11 Å². The van der Waals surface area contributed by atoms with Gasteiger partial charge in [0.2, 0.25) is 0 Å². The summed E-state index contributed by atoms with van der Waals surface area (Å²) < 4.78 is 10.2. The number of benzene rings is 1. The molecule has 0 radical (unpaired) electrons. The molecule has 1 fully saturated rings. The summed E-state index contributed by atoms with van der Waals surface area (Å²) >= 11 is 2.69. The van der Waals surface area contributed by atoms with Gasteiger partial charge in [0.25, 0.3) is 5.91 Å². The number of likely N-dealkylation sites (tertiary alicyclic amines) is 1. The molecule has 1 aliphatic heterocycles. The zero-order chi connectivity index (χ0) is 27.1. The molecule has 10 heteroatoms. The molecule has 0 saturated carbocycles. The van der Waals surface area contributed by atoms with Gasteiger partial charge in [0.1, 0.15) is 27.1 Å². The van der Waals surface area contributed by atoms with Crippen molar-refractivity contribution in [2.24, 2.45) is 5.92 Å². The van der Waals surface area contributed by atoms with E-state index in [0.717, 1.165) is 10.6 Å². The molecule has 3 heterocycles. The Hall–Kier alpha value is -2.85. The van der Waals surface area contributed by atoms with Crippen molar-refractivity contribution in [1.29, 1.82) is 0 Å². The zero-order valence-electron chi connectivity index (χ0n) is 22.3. The number of ether oxygens (including phenoxy) is 1. The van der Waals surface area contributed by atoms with Crippen LogP contribution in [0.4, 0.5) is 0 Å². The van der Waals surface area contributed by atoms with Gasteiger partial charge in [-0.15, -0.1) is 11.3 Å². The molecule has 3 atom stereocenters. The van der Waals surface area contributed by atoms with Crippen LogP contribution in [0.5, 0.6) is 5.75 Å².